The Kier molecular flexibility index (Phi) is 6.32. The number of nitriles is 1. The van der Waals surface area contributed by atoms with Crippen LogP contribution in [0.3, 0.4) is 0 Å². The van der Waals surface area contributed by atoms with Crippen LogP contribution in [0.1, 0.15) is 6.42 Å². The second kappa shape index (κ2) is 7.03. The number of carbonyl (C=O) groups is 1. The minimum atomic E-state index is -0.100. The monoisotopic (exact) mass is 215 g/mol. The van der Waals surface area contributed by atoms with Gasteiger partial charge in [-0.15, -0.1) is 0 Å². The van der Waals surface area contributed by atoms with Crippen LogP contribution in [0.25, 0.3) is 0 Å². The van der Waals surface area contributed by atoms with Gasteiger partial charge in [0.05, 0.1) is 18.2 Å². The molecule has 0 heterocycles. The molecule has 0 aliphatic carbocycles. The summed E-state index contributed by atoms with van der Waals surface area (Å²) in [7, 11) is 1.63. The molecule has 7 heteroatoms. The molecule has 0 atom stereocenters. The molecule has 0 radical (unpaired) electrons. The van der Waals surface area contributed by atoms with E-state index in [1.165, 1.54) is 4.90 Å². The number of hydrazone groups is 1. The van der Waals surface area contributed by atoms with Gasteiger partial charge in [-0.3, -0.25) is 4.79 Å². The molecule has 0 aromatic carbocycles. The fourth-order valence-electron chi connectivity index (χ4n) is 0.626. The molecule has 0 unspecified atom stereocenters. The number of nitrogens with two attached hydrogens (primary N) is 2. The maximum absolute atomic E-state index is 11.3. The molecule has 0 aromatic heterocycles. The van der Waals surface area contributed by atoms with Crippen molar-refractivity contribution in [3.05, 3.63) is 0 Å². The van der Waals surface area contributed by atoms with E-state index in [2.05, 4.69) is 5.10 Å². The first kappa shape index (κ1) is 12.6. The lowest BCUT2D eigenvalue weighted by Crippen LogP contribution is -2.30. The molecule has 0 saturated carbocycles. The number of nitrogens with zero attached hydrogens (tertiary/aromatic N) is 3. The Morgan fingerprint density at radius 1 is 1.71 bits per heavy atom. The lowest BCUT2D eigenvalue weighted by Gasteiger charge is -2.14. The van der Waals surface area contributed by atoms with Crippen LogP contribution in [0.15, 0.2) is 5.10 Å². The van der Waals surface area contributed by atoms with Crippen molar-refractivity contribution < 1.29 is 4.79 Å². The SMILES string of the molecule is CN(CCC#N)C(=O)CSC(N)=NN. The highest BCUT2D eigenvalue weighted by Crippen LogP contribution is 2.01. The molecule has 78 valence electrons. The molecule has 6 nitrogen and oxygen atoms in total. The third kappa shape index (κ3) is 5.27. The maximum Gasteiger partial charge on any atom is 0.232 e. The average Bonchev–Trinajstić information content (AvgIpc) is 2.21. The summed E-state index contributed by atoms with van der Waals surface area (Å²) in [5, 5.41) is 11.7. The number of amides is 1. The Morgan fingerprint density at radius 2 is 2.36 bits per heavy atom. The van der Waals surface area contributed by atoms with Crippen molar-refractivity contribution in [3.8, 4) is 6.07 Å². The van der Waals surface area contributed by atoms with E-state index >= 15 is 0 Å². The van der Waals surface area contributed by atoms with Crippen molar-refractivity contribution in [2.24, 2.45) is 16.7 Å². The lowest BCUT2D eigenvalue weighted by molar-refractivity contribution is -0.127. The van der Waals surface area contributed by atoms with E-state index in [4.69, 9.17) is 16.8 Å². The van der Waals surface area contributed by atoms with Crippen LogP contribution in [0, 0.1) is 11.3 Å². The summed E-state index contributed by atoms with van der Waals surface area (Å²) in [6.45, 7) is 0.426. The first-order valence-electron chi connectivity index (χ1n) is 3.89. The van der Waals surface area contributed by atoms with Crippen molar-refractivity contribution in [2.45, 2.75) is 6.42 Å². The molecule has 0 aromatic rings. The van der Waals surface area contributed by atoms with Gasteiger partial charge in [0.2, 0.25) is 5.91 Å². The predicted octanol–water partition coefficient (Wildman–Crippen LogP) is -0.720. The van der Waals surface area contributed by atoms with E-state index in [0.717, 1.165) is 11.8 Å². The van der Waals surface area contributed by atoms with Crippen LogP contribution in [-0.2, 0) is 4.79 Å². The fraction of sp³-hybridized carbons (Fsp3) is 0.571. The van der Waals surface area contributed by atoms with Gasteiger partial charge < -0.3 is 16.5 Å². The van der Waals surface area contributed by atoms with Gasteiger partial charge in [-0.05, 0) is 0 Å². The van der Waals surface area contributed by atoms with E-state index in [1.807, 2.05) is 6.07 Å². The van der Waals surface area contributed by atoms with Gasteiger partial charge in [0.15, 0.2) is 5.17 Å². The maximum atomic E-state index is 11.3. The minimum absolute atomic E-state index is 0.100. The molecule has 0 saturated heterocycles. The first-order valence-corrected chi connectivity index (χ1v) is 4.87. The summed E-state index contributed by atoms with van der Waals surface area (Å²) in [6.07, 6.45) is 0.327. The highest BCUT2D eigenvalue weighted by atomic mass is 32.2. The number of thioether (sulfide) groups is 1. The zero-order valence-corrected chi connectivity index (χ0v) is 8.75. The van der Waals surface area contributed by atoms with E-state index in [-0.39, 0.29) is 16.8 Å². The van der Waals surface area contributed by atoms with Gasteiger partial charge in [0.25, 0.3) is 0 Å². The molecule has 14 heavy (non-hydrogen) atoms. The summed E-state index contributed by atoms with van der Waals surface area (Å²) in [6, 6.07) is 1.96. The quantitative estimate of drug-likeness (QED) is 0.278. The first-order chi connectivity index (χ1) is 6.61. The Morgan fingerprint density at radius 3 is 2.86 bits per heavy atom. The summed E-state index contributed by atoms with van der Waals surface area (Å²) in [4.78, 5) is 12.8. The third-order valence-electron chi connectivity index (χ3n) is 1.46. The van der Waals surface area contributed by atoms with Crippen LogP contribution in [0.4, 0.5) is 0 Å². The van der Waals surface area contributed by atoms with Crippen LogP contribution in [0.2, 0.25) is 0 Å². The number of amidine groups is 1. The van der Waals surface area contributed by atoms with Crippen molar-refractivity contribution in [3.63, 3.8) is 0 Å². The Balaban J connectivity index is 3.79. The number of hydrogen-bond acceptors (Lipinski definition) is 5. The molecule has 0 aliphatic heterocycles. The van der Waals surface area contributed by atoms with Crippen molar-refractivity contribution in [1.82, 2.24) is 4.90 Å². The fourth-order valence-corrected chi connectivity index (χ4v) is 1.19. The van der Waals surface area contributed by atoms with Gasteiger partial charge in [-0.1, -0.05) is 11.8 Å². The molecule has 0 rings (SSSR count). The van der Waals surface area contributed by atoms with E-state index in [0.29, 0.717) is 13.0 Å². The summed E-state index contributed by atoms with van der Waals surface area (Å²) >= 11 is 1.07. The zero-order valence-electron chi connectivity index (χ0n) is 7.93. The van der Waals surface area contributed by atoms with E-state index < -0.39 is 0 Å². The highest BCUT2D eigenvalue weighted by Gasteiger charge is 2.08. The minimum Gasteiger partial charge on any atom is -0.377 e. The molecular weight excluding hydrogens is 202 g/mol. The second-order valence-corrected chi connectivity index (χ2v) is 3.48. The van der Waals surface area contributed by atoms with Gasteiger partial charge in [-0.25, -0.2) is 0 Å². The summed E-state index contributed by atoms with van der Waals surface area (Å²) in [5.41, 5.74) is 5.29. The number of carbonyl (C=O) groups excluding carboxylic acids is 1. The van der Waals surface area contributed by atoms with Crippen LogP contribution < -0.4 is 11.6 Å². The lowest BCUT2D eigenvalue weighted by atomic mass is 10.4. The Labute approximate surface area is 86.9 Å². The van der Waals surface area contributed by atoms with Gasteiger partial charge in [0, 0.05) is 13.6 Å². The molecular formula is C7H13N5OS. The Hall–Kier alpha value is -1.42. The largest absolute Gasteiger partial charge is 0.377 e. The van der Waals surface area contributed by atoms with Crippen molar-refractivity contribution >= 4 is 22.8 Å². The van der Waals surface area contributed by atoms with Crippen LogP contribution >= 0.6 is 11.8 Å². The van der Waals surface area contributed by atoms with E-state index in [1.54, 1.807) is 7.05 Å². The second-order valence-electron chi connectivity index (χ2n) is 2.48. The average molecular weight is 215 g/mol. The molecule has 0 bridgehead atoms. The zero-order chi connectivity index (χ0) is 11.0. The van der Waals surface area contributed by atoms with Crippen molar-refractivity contribution in [2.75, 3.05) is 19.3 Å². The summed E-state index contributed by atoms with van der Waals surface area (Å²) in [5.74, 6) is 4.98. The number of rotatable bonds is 4. The smallest absolute Gasteiger partial charge is 0.232 e. The molecule has 4 N–H and O–H groups in total. The van der Waals surface area contributed by atoms with E-state index in [9.17, 15) is 4.79 Å². The van der Waals surface area contributed by atoms with Crippen LogP contribution in [0.5, 0.6) is 0 Å². The normalized spacial score (nSPS) is 10.7. The molecule has 0 fully saturated rings. The van der Waals surface area contributed by atoms with Gasteiger partial charge in [-0.2, -0.15) is 10.4 Å². The third-order valence-corrected chi connectivity index (χ3v) is 2.25. The van der Waals surface area contributed by atoms with Crippen LogP contribution in [-0.4, -0.2) is 35.3 Å². The highest BCUT2D eigenvalue weighted by molar-refractivity contribution is 8.14. The topological polar surface area (TPSA) is 108 Å². The molecule has 0 spiro atoms. The standard InChI is InChI=1S/C7H13N5OS/c1-12(4-2-3-8)6(13)5-14-7(9)11-10/h2,4-5,10H2,1H3,(H2,9,11). The van der Waals surface area contributed by atoms with Gasteiger partial charge >= 0.3 is 0 Å². The molecule has 0 aliphatic rings. The van der Waals surface area contributed by atoms with Gasteiger partial charge in [0.1, 0.15) is 0 Å². The predicted molar refractivity (Wildman–Crippen MR) is 56.1 cm³/mol. The molecule has 1 amide bonds. The summed E-state index contributed by atoms with van der Waals surface area (Å²) < 4.78 is 0. The van der Waals surface area contributed by atoms with Crippen molar-refractivity contribution in [1.29, 1.82) is 5.26 Å². The number of hydrogen-bond donors (Lipinski definition) is 2. The Bertz CT molecular complexity index is 259.